The molecule has 3 amide bonds. The molecule has 1 atom stereocenters. The topological polar surface area (TPSA) is 57.7 Å². The van der Waals surface area contributed by atoms with Gasteiger partial charge in [-0.15, -0.1) is 0 Å². The first-order valence-corrected chi connectivity index (χ1v) is 9.29. The van der Waals surface area contributed by atoms with Crippen LogP contribution in [0.5, 0.6) is 0 Å². The zero-order chi connectivity index (χ0) is 19.6. The van der Waals surface area contributed by atoms with Crippen molar-refractivity contribution in [2.75, 3.05) is 11.4 Å². The summed E-state index contributed by atoms with van der Waals surface area (Å²) in [5.41, 5.74) is 1.49. The molecule has 0 aromatic heterocycles. The summed E-state index contributed by atoms with van der Waals surface area (Å²) < 4.78 is 0. The van der Waals surface area contributed by atoms with Crippen LogP contribution in [0.15, 0.2) is 54.6 Å². The van der Waals surface area contributed by atoms with Crippen molar-refractivity contribution in [3.63, 3.8) is 0 Å². The predicted molar refractivity (Wildman–Crippen MR) is 105 cm³/mol. The summed E-state index contributed by atoms with van der Waals surface area (Å²) >= 11 is 0. The van der Waals surface area contributed by atoms with E-state index in [1.54, 1.807) is 29.2 Å². The fourth-order valence-electron chi connectivity index (χ4n) is 3.51. The Labute approximate surface area is 159 Å². The van der Waals surface area contributed by atoms with Crippen molar-refractivity contribution in [3.8, 4) is 0 Å². The first-order chi connectivity index (χ1) is 13.0. The minimum absolute atomic E-state index is 0.151. The molecule has 1 heterocycles. The Morgan fingerprint density at radius 3 is 1.93 bits per heavy atom. The molecule has 2 aromatic rings. The second-order valence-electron chi connectivity index (χ2n) is 7.09. The van der Waals surface area contributed by atoms with Gasteiger partial charge in [-0.1, -0.05) is 44.2 Å². The molecule has 5 heteroatoms. The van der Waals surface area contributed by atoms with Crippen LogP contribution in [0.25, 0.3) is 0 Å². The van der Waals surface area contributed by atoms with Gasteiger partial charge in [0.15, 0.2) is 0 Å². The molecule has 1 aliphatic rings. The van der Waals surface area contributed by atoms with E-state index in [0.717, 1.165) is 10.6 Å². The minimum Gasteiger partial charge on any atom is -0.311 e. The number of fused-ring (bicyclic) bond motifs is 1. The quantitative estimate of drug-likeness (QED) is 0.734. The Kier molecular flexibility index (Phi) is 5.40. The molecule has 2 aromatic carbocycles. The molecule has 0 saturated heterocycles. The van der Waals surface area contributed by atoms with E-state index in [1.165, 1.54) is 0 Å². The average molecular weight is 364 g/mol. The standard InChI is InChI=1S/C22H24N2O3/c1-4-23(16-10-6-5-7-11-16)22(27)19(14-15(2)3)24-20(25)17-12-8-9-13-18(17)21(24)26/h5-13,15,19H,4,14H2,1-3H3/t19-/m0/s1. The van der Waals surface area contributed by atoms with Crippen LogP contribution in [0, 0.1) is 5.92 Å². The van der Waals surface area contributed by atoms with Crippen molar-refractivity contribution in [2.45, 2.75) is 33.2 Å². The van der Waals surface area contributed by atoms with Crippen molar-refractivity contribution in [3.05, 3.63) is 65.7 Å². The minimum atomic E-state index is -0.822. The summed E-state index contributed by atoms with van der Waals surface area (Å²) in [7, 11) is 0. The van der Waals surface area contributed by atoms with Crippen LogP contribution in [0.3, 0.4) is 0 Å². The van der Waals surface area contributed by atoms with Crippen LogP contribution in [-0.4, -0.2) is 35.2 Å². The number of likely N-dealkylation sites (N-methyl/N-ethyl adjacent to an activating group) is 1. The Balaban J connectivity index is 1.98. The van der Waals surface area contributed by atoms with E-state index >= 15 is 0 Å². The van der Waals surface area contributed by atoms with Gasteiger partial charge in [0.25, 0.3) is 11.8 Å². The third-order valence-electron chi connectivity index (χ3n) is 4.77. The van der Waals surface area contributed by atoms with Crippen LogP contribution < -0.4 is 4.90 Å². The molecule has 0 aliphatic carbocycles. The molecule has 27 heavy (non-hydrogen) atoms. The van der Waals surface area contributed by atoms with Crippen LogP contribution >= 0.6 is 0 Å². The molecule has 3 rings (SSSR count). The predicted octanol–water partition coefficient (Wildman–Crippen LogP) is 3.75. The van der Waals surface area contributed by atoms with E-state index in [1.807, 2.05) is 51.1 Å². The highest BCUT2D eigenvalue weighted by Crippen LogP contribution is 2.28. The van der Waals surface area contributed by atoms with Gasteiger partial charge in [0.1, 0.15) is 6.04 Å². The fourth-order valence-corrected chi connectivity index (χ4v) is 3.51. The molecular weight excluding hydrogens is 340 g/mol. The Hall–Kier alpha value is -2.95. The number of amides is 3. The van der Waals surface area contributed by atoms with Gasteiger partial charge in [0.2, 0.25) is 5.91 Å². The van der Waals surface area contributed by atoms with Gasteiger partial charge in [-0.3, -0.25) is 19.3 Å². The molecule has 0 fully saturated rings. The lowest BCUT2D eigenvalue weighted by Gasteiger charge is -2.32. The number of imide groups is 1. The van der Waals surface area contributed by atoms with Crippen LogP contribution in [0.2, 0.25) is 0 Å². The van der Waals surface area contributed by atoms with Gasteiger partial charge in [0, 0.05) is 12.2 Å². The van der Waals surface area contributed by atoms with Gasteiger partial charge in [0.05, 0.1) is 11.1 Å². The highest BCUT2D eigenvalue weighted by molar-refractivity contribution is 6.23. The summed E-state index contributed by atoms with van der Waals surface area (Å²) in [6.45, 7) is 6.31. The number of para-hydroxylation sites is 1. The molecule has 0 saturated carbocycles. The highest BCUT2D eigenvalue weighted by Gasteiger charge is 2.43. The lowest BCUT2D eigenvalue weighted by molar-refractivity contribution is -0.122. The normalized spacial score (nSPS) is 14.4. The highest BCUT2D eigenvalue weighted by atomic mass is 16.2. The lowest BCUT2D eigenvalue weighted by atomic mass is 10.0. The van der Waals surface area contributed by atoms with Gasteiger partial charge in [-0.05, 0) is 43.5 Å². The lowest BCUT2D eigenvalue weighted by Crippen LogP contribution is -2.51. The first kappa shape index (κ1) is 18.8. The van der Waals surface area contributed by atoms with Crippen LogP contribution in [0.1, 0.15) is 47.9 Å². The average Bonchev–Trinajstić information content (AvgIpc) is 2.92. The summed E-state index contributed by atoms with van der Waals surface area (Å²) in [6.07, 6.45) is 0.424. The summed E-state index contributed by atoms with van der Waals surface area (Å²) in [4.78, 5) is 42.0. The maximum absolute atomic E-state index is 13.4. The molecule has 0 N–H and O–H groups in total. The van der Waals surface area contributed by atoms with Crippen molar-refractivity contribution >= 4 is 23.4 Å². The Morgan fingerprint density at radius 1 is 0.926 bits per heavy atom. The van der Waals surface area contributed by atoms with Crippen molar-refractivity contribution < 1.29 is 14.4 Å². The number of carbonyl (C=O) groups excluding carboxylic acids is 3. The zero-order valence-corrected chi connectivity index (χ0v) is 15.9. The van der Waals surface area contributed by atoms with E-state index in [4.69, 9.17) is 0 Å². The SMILES string of the molecule is CCN(C(=O)[C@H](CC(C)C)N1C(=O)c2ccccc2C1=O)c1ccccc1. The molecule has 0 unspecified atom stereocenters. The monoisotopic (exact) mass is 364 g/mol. The van der Waals surface area contributed by atoms with Crippen molar-refractivity contribution in [2.24, 2.45) is 5.92 Å². The molecular formula is C22H24N2O3. The number of carbonyl (C=O) groups is 3. The van der Waals surface area contributed by atoms with E-state index in [9.17, 15) is 14.4 Å². The third kappa shape index (κ3) is 3.50. The Morgan fingerprint density at radius 2 is 1.44 bits per heavy atom. The second kappa shape index (κ2) is 7.74. The summed E-state index contributed by atoms with van der Waals surface area (Å²) in [6, 6.07) is 15.3. The van der Waals surface area contributed by atoms with Crippen LogP contribution in [-0.2, 0) is 4.79 Å². The summed E-state index contributed by atoms with van der Waals surface area (Å²) in [5.74, 6) is -0.859. The molecule has 140 valence electrons. The summed E-state index contributed by atoms with van der Waals surface area (Å²) in [5, 5.41) is 0. The van der Waals surface area contributed by atoms with E-state index in [0.29, 0.717) is 24.1 Å². The fraction of sp³-hybridized carbons (Fsp3) is 0.318. The number of benzene rings is 2. The Bertz CT molecular complexity index is 826. The van der Waals surface area contributed by atoms with E-state index in [2.05, 4.69) is 0 Å². The van der Waals surface area contributed by atoms with Crippen molar-refractivity contribution in [1.29, 1.82) is 0 Å². The number of hydrogen-bond acceptors (Lipinski definition) is 3. The van der Waals surface area contributed by atoms with Crippen molar-refractivity contribution in [1.82, 2.24) is 4.90 Å². The maximum atomic E-state index is 13.4. The molecule has 0 radical (unpaired) electrons. The largest absolute Gasteiger partial charge is 0.311 e. The smallest absolute Gasteiger partial charge is 0.262 e. The number of hydrogen-bond donors (Lipinski definition) is 0. The van der Waals surface area contributed by atoms with E-state index < -0.39 is 17.9 Å². The van der Waals surface area contributed by atoms with Gasteiger partial charge in [-0.25, -0.2) is 0 Å². The number of nitrogens with zero attached hydrogens (tertiary/aromatic N) is 2. The zero-order valence-electron chi connectivity index (χ0n) is 15.9. The molecule has 5 nitrogen and oxygen atoms in total. The van der Waals surface area contributed by atoms with E-state index in [-0.39, 0.29) is 11.8 Å². The maximum Gasteiger partial charge on any atom is 0.262 e. The third-order valence-corrected chi connectivity index (χ3v) is 4.77. The van der Waals surface area contributed by atoms with Gasteiger partial charge in [-0.2, -0.15) is 0 Å². The van der Waals surface area contributed by atoms with Gasteiger partial charge >= 0.3 is 0 Å². The van der Waals surface area contributed by atoms with Crippen LogP contribution in [0.4, 0.5) is 5.69 Å². The molecule has 0 bridgehead atoms. The first-order valence-electron chi connectivity index (χ1n) is 9.29. The second-order valence-corrected chi connectivity index (χ2v) is 7.09. The number of rotatable bonds is 6. The van der Waals surface area contributed by atoms with Gasteiger partial charge < -0.3 is 4.90 Å². The number of anilines is 1. The molecule has 1 aliphatic heterocycles. The molecule has 0 spiro atoms.